The standard InChI is InChI=1S/C13H19BrN2O3/c1-18-9-4-7-16(8-10-19-2)13(17)11-5-3-6-12(14)15-11/h3,5-6H,4,7-10H2,1-2H3. The van der Waals surface area contributed by atoms with Crippen LogP contribution in [0.1, 0.15) is 16.9 Å². The number of carbonyl (C=O) groups is 1. The van der Waals surface area contributed by atoms with Crippen LogP contribution >= 0.6 is 15.9 Å². The molecule has 0 unspecified atom stereocenters. The third-order valence-electron chi connectivity index (χ3n) is 2.56. The minimum absolute atomic E-state index is 0.0885. The highest BCUT2D eigenvalue weighted by Crippen LogP contribution is 2.09. The van der Waals surface area contributed by atoms with Crippen LogP contribution in [0.15, 0.2) is 22.8 Å². The second-order valence-corrected chi connectivity index (χ2v) is 4.79. The Labute approximate surface area is 122 Å². The van der Waals surface area contributed by atoms with Crippen molar-refractivity contribution in [3.05, 3.63) is 28.5 Å². The predicted molar refractivity (Wildman–Crippen MR) is 76.2 cm³/mol. The molecule has 106 valence electrons. The molecule has 0 aliphatic carbocycles. The summed E-state index contributed by atoms with van der Waals surface area (Å²) in [7, 11) is 3.27. The van der Waals surface area contributed by atoms with Gasteiger partial charge in [0.1, 0.15) is 10.3 Å². The fourth-order valence-corrected chi connectivity index (χ4v) is 1.95. The van der Waals surface area contributed by atoms with Crippen LogP contribution in [0.3, 0.4) is 0 Å². The van der Waals surface area contributed by atoms with E-state index in [0.29, 0.717) is 36.6 Å². The van der Waals surface area contributed by atoms with Gasteiger partial charge in [-0.2, -0.15) is 0 Å². The molecule has 0 radical (unpaired) electrons. The molecule has 5 nitrogen and oxygen atoms in total. The summed E-state index contributed by atoms with van der Waals surface area (Å²) in [5.74, 6) is -0.0885. The number of aromatic nitrogens is 1. The number of hydrogen-bond acceptors (Lipinski definition) is 4. The van der Waals surface area contributed by atoms with Gasteiger partial charge < -0.3 is 14.4 Å². The Hall–Kier alpha value is -0.980. The van der Waals surface area contributed by atoms with E-state index in [1.54, 1.807) is 37.3 Å². The van der Waals surface area contributed by atoms with Crippen molar-refractivity contribution in [3.63, 3.8) is 0 Å². The van der Waals surface area contributed by atoms with Gasteiger partial charge in [0, 0.05) is 33.9 Å². The molecule has 0 spiro atoms. The minimum Gasteiger partial charge on any atom is -0.385 e. The Balaban J connectivity index is 2.69. The van der Waals surface area contributed by atoms with Gasteiger partial charge in [-0.15, -0.1) is 0 Å². The molecular weight excluding hydrogens is 312 g/mol. The second kappa shape index (κ2) is 9.01. The first-order valence-corrected chi connectivity index (χ1v) is 6.88. The lowest BCUT2D eigenvalue weighted by Crippen LogP contribution is -2.35. The number of nitrogens with zero attached hydrogens (tertiary/aromatic N) is 2. The molecule has 0 fully saturated rings. The van der Waals surface area contributed by atoms with E-state index in [2.05, 4.69) is 20.9 Å². The van der Waals surface area contributed by atoms with E-state index in [9.17, 15) is 4.79 Å². The molecule has 0 aliphatic rings. The third-order valence-corrected chi connectivity index (χ3v) is 3.00. The Kier molecular flexibility index (Phi) is 7.62. The van der Waals surface area contributed by atoms with Crippen LogP contribution in [0, 0.1) is 0 Å². The Morgan fingerprint density at radius 2 is 2.00 bits per heavy atom. The Bertz CT molecular complexity index is 401. The molecule has 1 aromatic rings. The SMILES string of the molecule is COCCCN(CCOC)C(=O)c1cccc(Br)n1. The molecule has 0 saturated heterocycles. The van der Waals surface area contributed by atoms with Crippen LogP contribution in [0.4, 0.5) is 0 Å². The van der Waals surface area contributed by atoms with Crippen molar-refractivity contribution in [3.8, 4) is 0 Å². The van der Waals surface area contributed by atoms with E-state index in [1.165, 1.54) is 0 Å². The summed E-state index contributed by atoms with van der Waals surface area (Å²) in [5, 5.41) is 0. The lowest BCUT2D eigenvalue weighted by atomic mass is 10.3. The molecule has 0 saturated carbocycles. The van der Waals surface area contributed by atoms with Gasteiger partial charge in [-0.1, -0.05) is 6.07 Å². The number of hydrogen-bond donors (Lipinski definition) is 0. The van der Waals surface area contributed by atoms with Crippen molar-refractivity contribution in [2.45, 2.75) is 6.42 Å². The number of pyridine rings is 1. The number of ether oxygens (including phenoxy) is 2. The zero-order valence-corrected chi connectivity index (χ0v) is 12.9. The summed E-state index contributed by atoms with van der Waals surface area (Å²) >= 11 is 3.27. The van der Waals surface area contributed by atoms with Crippen LogP contribution in [0.25, 0.3) is 0 Å². The molecule has 1 rings (SSSR count). The lowest BCUT2D eigenvalue weighted by molar-refractivity contribution is 0.0668. The normalized spacial score (nSPS) is 10.5. The predicted octanol–water partition coefficient (Wildman–Crippen LogP) is 1.97. The summed E-state index contributed by atoms with van der Waals surface area (Å²) in [5.41, 5.74) is 0.433. The van der Waals surface area contributed by atoms with Crippen molar-refractivity contribution in [2.75, 3.05) is 40.5 Å². The van der Waals surface area contributed by atoms with Crippen molar-refractivity contribution in [2.24, 2.45) is 0 Å². The van der Waals surface area contributed by atoms with Crippen molar-refractivity contribution in [1.82, 2.24) is 9.88 Å². The molecule has 1 amide bonds. The maximum absolute atomic E-state index is 12.3. The van der Waals surface area contributed by atoms with Gasteiger partial charge in [0.2, 0.25) is 0 Å². The van der Waals surface area contributed by atoms with E-state index in [0.717, 1.165) is 6.42 Å². The van der Waals surface area contributed by atoms with Gasteiger partial charge in [-0.05, 0) is 34.5 Å². The Morgan fingerprint density at radius 1 is 1.26 bits per heavy atom. The highest BCUT2D eigenvalue weighted by atomic mass is 79.9. The number of halogens is 1. The Morgan fingerprint density at radius 3 is 2.63 bits per heavy atom. The summed E-state index contributed by atoms with van der Waals surface area (Å²) in [6.07, 6.45) is 0.792. The first-order valence-electron chi connectivity index (χ1n) is 6.08. The summed E-state index contributed by atoms with van der Waals surface area (Å²) in [4.78, 5) is 18.3. The second-order valence-electron chi connectivity index (χ2n) is 3.98. The maximum atomic E-state index is 12.3. The molecule has 0 aromatic carbocycles. The van der Waals surface area contributed by atoms with Crippen LogP contribution in [0.2, 0.25) is 0 Å². The number of methoxy groups -OCH3 is 2. The molecule has 19 heavy (non-hydrogen) atoms. The van der Waals surface area contributed by atoms with E-state index in [-0.39, 0.29) is 5.91 Å². The fourth-order valence-electron chi connectivity index (χ4n) is 1.61. The zero-order valence-electron chi connectivity index (χ0n) is 11.3. The average Bonchev–Trinajstić information content (AvgIpc) is 2.42. The van der Waals surface area contributed by atoms with E-state index < -0.39 is 0 Å². The largest absolute Gasteiger partial charge is 0.385 e. The molecule has 1 aromatic heterocycles. The van der Waals surface area contributed by atoms with Crippen molar-refractivity contribution in [1.29, 1.82) is 0 Å². The zero-order chi connectivity index (χ0) is 14.1. The maximum Gasteiger partial charge on any atom is 0.272 e. The molecule has 0 N–H and O–H groups in total. The number of carbonyl (C=O) groups excluding carboxylic acids is 1. The van der Waals surface area contributed by atoms with Crippen LogP contribution in [-0.2, 0) is 9.47 Å². The highest BCUT2D eigenvalue weighted by Gasteiger charge is 2.16. The van der Waals surface area contributed by atoms with E-state index in [1.807, 2.05) is 0 Å². The van der Waals surface area contributed by atoms with E-state index in [4.69, 9.17) is 9.47 Å². The van der Waals surface area contributed by atoms with Gasteiger partial charge in [-0.25, -0.2) is 4.98 Å². The first kappa shape index (κ1) is 16.1. The third kappa shape index (κ3) is 5.67. The lowest BCUT2D eigenvalue weighted by Gasteiger charge is -2.21. The molecule has 0 bridgehead atoms. The van der Waals surface area contributed by atoms with Gasteiger partial charge in [0.15, 0.2) is 0 Å². The average molecular weight is 331 g/mol. The van der Waals surface area contributed by atoms with Crippen molar-refractivity contribution >= 4 is 21.8 Å². The first-order chi connectivity index (χ1) is 9.19. The number of amides is 1. The molecular formula is C13H19BrN2O3. The van der Waals surface area contributed by atoms with Gasteiger partial charge in [0.25, 0.3) is 5.91 Å². The van der Waals surface area contributed by atoms with E-state index >= 15 is 0 Å². The van der Waals surface area contributed by atoms with Gasteiger partial charge in [-0.3, -0.25) is 4.79 Å². The monoisotopic (exact) mass is 330 g/mol. The minimum atomic E-state index is -0.0885. The summed E-state index contributed by atoms with van der Waals surface area (Å²) < 4.78 is 10.7. The molecule has 0 aliphatic heterocycles. The van der Waals surface area contributed by atoms with Gasteiger partial charge >= 0.3 is 0 Å². The van der Waals surface area contributed by atoms with Crippen LogP contribution in [-0.4, -0.2) is 56.3 Å². The topological polar surface area (TPSA) is 51.7 Å². The quantitative estimate of drug-likeness (QED) is 0.540. The highest BCUT2D eigenvalue weighted by molar-refractivity contribution is 9.10. The van der Waals surface area contributed by atoms with Gasteiger partial charge in [0.05, 0.1) is 6.61 Å². The molecule has 0 atom stereocenters. The molecule has 6 heteroatoms. The fraction of sp³-hybridized carbons (Fsp3) is 0.538. The smallest absolute Gasteiger partial charge is 0.272 e. The number of rotatable bonds is 8. The summed E-state index contributed by atoms with van der Waals surface area (Å²) in [6.45, 7) is 2.31. The van der Waals surface area contributed by atoms with Crippen LogP contribution in [0.5, 0.6) is 0 Å². The van der Waals surface area contributed by atoms with Crippen molar-refractivity contribution < 1.29 is 14.3 Å². The summed E-state index contributed by atoms with van der Waals surface area (Å²) in [6, 6.07) is 5.30. The molecule has 1 heterocycles. The van der Waals surface area contributed by atoms with Crippen LogP contribution < -0.4 is 0 Å².